The van der Waals surface area contributed by atoms with Gasteiger partial charge in [-0.2, -0.15) is 0 Å². The summed E-state index contributed by atoms with van der Waals surface area (Å²) in [6.45, 7) is 0. The van der Waals surface area contributed by atoms with E-state index in [1.165, 1.54) is 0 Å². The van der Waals surface area contributed by atoms with E-state index in [0.717, 1.165) is 11.1 Å². The third kappa shape index (κ3) is 0.486. The second-order valence-electron chi connectivity index (χ2n) is 2.10. The van der Waals surface area contributed by atoms with Crippen molar-refractivity contribution < 1.29 is 5.11 Å². The highest BCUT2D eigenvalue weighted by Crippen LogP contribution is 2.29. The average Bonchev–Trinajstić information content (AvgIpc) is 1.86. The maximum Gasteiger partial charge on any atom is 0.187 e. The van der Waals surface area contributed by atoms with Crippen molar-refractivity contribution in [3.05, 3.63) is 35.4 Å². The molecule has 0 bridgehead atoms. The number of fused-ring (bicyclic) bond motifs is 1. The van der Waals surface area contributed by atoms with Crippen molar-refractivity contribution in [2.75, 3.05) is 0 Å². The fourth-order valence-corrected chi connectivity index (χ4v) is 0.988. The molecule has 1 radical (unpaired) electrons. The zero-order chi connectivity index (χ0) is 6.27. The molecule has 0 aromatic heterocycles. The smallest absolute Gasteiger partial charge is 0.187 e. The molecule has 0 spiro atoms. The minimum Gasteiger partial charge on any atom is -0.289 e. The van der Waals surface area contributed by atoms with Gasteiger partial charge in [0.1, 0.15) is 0 Å². The molecule has 0 aliphatic heterocycles. The van der Waals surface area contributed by atoms with Gasteiger partial charge in [-0.1, -0.05) is 24.3 Å². The van der Waals surface area contributed by atoms with Crippen LogP contribution in [0.15, 0.2) is 24.3 Å². The molecule has 1 nitrogen and oxygen atoms in total. The third-order valence-corrected chi connectivity index (χ3v) is 1.51. The Hall–Kier alpha value is -1.24. The van der Waals surface area contributed by atoms with E-state index in [1.807, 2.05) is 24.3 Å². The second-order valence-corrected chi connectivity index (χ2v) is 2.10. The molecule has 1 aromatic carbocycles. The van der Waals surface area contributed by atoms with Gasteiger partial charge in [0, 0.05) is 5.56 Å². The van der Waals surface area contributed by atoms with E-state index in [4.69, 9.17) is 0 Å². The quantitative estimate of drug-likeness (QED) is 0.494. The molecule has 0 fully saturated rings. The fraction of sp³-hybridized carbons (Fsp3) is 0. The lowest BCUT2D eigenvalue weighted by Gasteiger charge is -2.09. The molecule has 1 aliphatic carbocycles. The van der Waals surface area contributed by atoms with Crippen LogP contribution in [0.3, 0.4) is 0 Å². The highest BCUT2D eigenvalue weighted by molar-refractivity contribution is 5.90. The molecule has 0 N–H and O–H groups in total. The standard InChI is InChI=1S/C8H5O/c9-8-5-6-3-1-2-4-7(6)8/h1-5H. The van der Waals surface area contributed by atoms with E-state index in [-0.39, 0.29) is 5.76 Å². The first-order valence-electron chi connectivity index (χ1n) is 2.86. The van der Waals surface area contributed by atoms with Crippen LogP contribution in [0.5, 0.6) is 0 Å². The Labute approximate surface area is 53.3 Å². The van der Waals surface area contributed by atoms with Crippen molar-refractivity contribution in [1.29, 1.82) is 0 Å². The van der Waals surface area contributed by atoms with Gasteiger partial charge < -0.3 is 0 Å². The van der Waals surface area contributed by atoms with Crippen LogP contribution in [0.25, 0.3) is 11.8 Å². The maximum absolute atomic E-state index is 10.7. The van der Waals surface area contributed by atoms with Gasteiger partial charge in [0.15, 0.2) is 5.76 Å². The average molecular weight is 117 g/mol. The van der Waals surface area contributed by atoms with E-state index >= 15 is 0 Å². The predicted molar refractivity (Wildman–Crippen MR) is 35.0 cm³/mol. The van der Waals surface area contributed by atoms with Crippen molar-refractivity contribution in [2.45, 2.75) is 0 Å². The van der Waals surface area contributed by atoms with Crippen molar-refractivity contribution in [2.24, 2.45) is 0 Å². The molecule has 0 amide bonds. The molecule has 0 heterocycles. The SMILES string of the molecule is [O]C1=Cc2ccccc21. The van der Waals surface area contributed by atoms with E-state index in [2.05, 4.69) is 0 Å². The molecule has 43 valence electrons. The van der Waals surface area contributed by atoms with Crippen LogP contribution in [0.2, 0.25) is 0 Å². The maximum atomic E-state index is 10.7. The first-order valence-corrected chi connectivity index (χ1v) is 2.86. The van der Waals surface area contributed by atoms with Gasteiger partial charge in [-0.25, -0.2) is 0 Å². The van der Waals surface area contributed by atoms with Crippen LogP contribution in [0.1, 0.15) is 11.1 Å². The Morgan fingerprint density at radius 1 is 1.11 bits per heavy atom. The van der Waals surface area contributed by atoms with Gasteiger partial charge in [0.05, 0.1) is 0 Å². The Morgan fingerprint density at radius 3 is 2.44 bits per heavy atom. The molecular formula is C8H5O. The van der Waals surface area contributed by atoms with Crippen LogP contribution in [0, 0.1) is 0 Å². The predicted octanol–water partition coefficient (Wildman–Crippen LogP) is 1.93. The molecule has 0 saturated carbocycles. The van der Waals surface area contributed by atoms with Gasteiger partial charge in [-0.15, -0.1) is 0 Å². The summed E-state index contributed by atoms with van der Waals surface area (Å²) < 4.78 is 0. The van der Waals surface area contributed by atoms with E-state index < -0.39 is 0 Å². The molecule has 1 aromatic rings. The minimum absolute atomic E-state index is 0.158. The zero-order valence-electron chi connectivity index (χ0n) is 4.79. The summed E-state index contributed by atoms with van der Waals surface area (Å²) in [7, 11) is 0. The van der Waals surface area contributed by atoms with Gasteiger partial charge in [0.25, 0.3) is 0 Å². The van der Waals surface area contributed by atoms with Crippen LogP contribution in [0.4, 0.5) is 0 Å². The Morgan fingerprint density at radius 2 is 1.89 bits per heavy atom. The summed E-state index contributed by atoms with van der Waals surface area (Å²) in [5.74, 6) is 0.158. The zero-order valence-corrected chi connectivity index (χ0v) is 4.79. The van der Waals surface area contributed by atoms with E-state index in [1.54, 1.807) is 6.08 Å². The lowest BCUT2D eigenvalue weighted by molar-refractivity contribution is 0.388. The number of benzene rings is 1. The van der Waals surface area contributed by atoms with Crippen molar-refractivity contribution in [3.8, 4) is 0 Å². The highest BCUT2D eigenvalue weighted by atomic mass is 16.3. The lowest BCUT2D eigenvalue weighted by atomic mass is 9.96. The monoisotopic (exact) mass is 117 g/mol. The highest BCUT2D eigenvalue weighted by Gasteiger charge is 2.14. The number of hydrogen-bond donors (Lipinski definition) is 0. The van der Waals surface area contributed by atoms with Gasteiger partial charge in [0.2, 0.25) is 0 Å². The van der Waals surface area contributed by atoms with Crippen molar-refractivity contribution >= 4 is 11.8 Å². The molecule has 0 atom stereocenters. The molecule has 1 heteroatoms. The largest absolute Gasteiger partial charge is 0.289 e. The van der Waals surface area contributed by atoms with Crippen molar-refractivity contribution in [1.82, 2.24) is 0 Å². The fourth-order valence-electron chi connectivity index (χ4n) is 0.988. The summed E-state index contributed by atoms with van der Waals surface area (Å²) in [6.07, 6.45) is 1.65. The molecule has 2 rings (SSSR count). The molecule has 1 aliphatic rings. The van der Waals surface area contributed by atoms with Crippen LogP contribution in [-0.2, 0) is 5.11 Å². The van der Waals surface area contributed by atoms with Gasteiger partial charge >= 0.3 is 0 Å². The van der Waals surface area contributed by atoms with Gasteiger partial charge in [-0.05, 0) is 11.6 Å². The van der Waals surface area contributed by atoms with Gasteiger partial charge in [-0.3, -0.25) is 5.11 Å². The lowest BCUT2D eigenvalue weighted by Crippen LogP contribution is -1.94. The first-order chi connectivity index (χ1) is 4.38. The Kier molecular flexibility index (Phi) is 0.707. The second kappa shape index (κ2) is 1.38. The van der Waals surface area contributed by atoms with Crippen LogP contribution < -0.4 is 0 Å². The summed E-state index contributed by atoms with van der Waals surface area (Å²) in [5, 5.41) is 10.7. The Balaban J connectivity index is 2.61. The van der Waals surface area contributed by atoms with Crippen LogP contribution >= 0.6 is 0 Å². The molecule has 9 heavy (non-hydrogen) atoms. The number of rotatable bonds is 0. The van der Waals surface area contributed by atoms with Crippen LogP contribution in [-0.4, -0.2) is 0 Å². The summed E-state index contributed by atoms with van der Waals surface area (Å²) in [4.78, 5) is 0. The number of hydrogen-bond acceptors (Lipinski definition) is 0. The third-order valence-electron chi connectivity index (χ3n) is 1.51. The molecule has 0 unspecified atom stereocenters. The molecule has 0 saturated heterocycles. The minimum atomic E-state index is 0.158. The van der Waals surface area contributed by atoms with Crippen molar-refractivity contribution in [3.63, 3.8) is 0 Å². The summed E-state index contributed by atoms with van der Waals surface area (Å²) in [6, 6.07) is 7.60. The Bertz CT molecular complexity index is 274. The topological polar surface area (TPSA) is 19.9 Å². The first kappa shape index (κ1) is 4.62. The van der Waals surface area contributed by atoms with E-state index in [0.29, 0.717) is 0 Å². The molecular weight excluding hydrogens is 112 g/mol. The normalized spacial score (nSPS) is 13.6. The summed E-state index contributed by atoms with van der Waals surface area (Å²) in [5.41, 5.74) is 1.93. The summed E-state index contributed by atoms with van der Waals surface area (Å²) >= 11 is 0. The van der Waals surface area contributed by atoms with E-state index in [9.17, 15) is 5.11 Å².